The van der Waals surface area contributed by atoms with Gasteiger partial charge < -0.3 is 14.8 Å². The van der Waals surface area contributed by atoms with Crippen molar-refractivity contribution in [1.29, 1.82) is 0 Å². The van der Waals surface area contributed by atoms with Crippen LogP contribution in [0.1, 0.15) is 48.6 Å². The molecule has 3 nitrogen and oxygen atoms in total. The van der Waals surface area contributed by atoms with Crippen molar-refractivity contribution in [3.8, 4) is 5.75 Å². The monoisotopic (exact) mass is 323 g/mol. The minimum atomic E-state index is 0.200. The molecule has 0 spiro atoms. The molecular weight excluding hydrogens is 298 g/mol. The molecule has 0 saturated carbocycles. The standard InChI is InChI=1S/C21H25NO2/c1-3-23-16-9-7-15(8-10-16)20-17-5-4-12-24-21(17)18-13-14(2)6-11-19(18)22-20/h6-11,13,17,20-22H,3-5,12H2,1-2H3/t17-,20-,21-/m0/s1. The first-order valence-electron chi connectivity index (χ1n) is 8.97. The minimum absolute atomic E-state index is 0.200. The third-order valence-electron chi connectivity index (χ3n) is 5.17. The van der Waals surface area contributed by atoms with E-state index in [-0.39, 0.29) is 6.10 Å². The number of ether oxygens (including phenoxy) is 2. The molecular formula is C21H25NO2. The lowest BCUT2D eigenvalue weighted by Gasteiger charge is -2.43. The van der Waals surface area contributed by atoms with E-state index < -0.39 is 0 Å². The molecule has 24 heavy (non-hydrogen) atoms. The molecule has 0 bridgehead atoms. The van der Waals surface area contributed by atoms with Crippen molar-refractivity contribution in [3.63, 3.8) is 0 Å². The Kier molecular flexibility index (Phi) is 4.19. The highest BCUT2D eigenvalue weighted by Gasteiger charge is 2.39. The van der Waals surface area contributed by atoms with Crippen molar-refractivity contribution in [1.82, 2.24) is 0 Å². The van der Waals surface area contributed by atoms with E-state index in [0.29, 0.717) is 18.6 Å². The summed E-state index contributed by atoms with van der Waals surface area (Å²) in [7, 11) is 0. The summed E-state index contributed by atoms with van der Waals surface area (Å²) in [5.74, 6) is 1.41. The molecule has 2 aromatic rings. The number of nitrogens with one attached hydrogen (secondary N) is 1. The zero-order valence-electron chi connectivity index (χ0n) is 14.4. The zero-order chi connectivity index (χ0) is 16.5. The summed E-state index contributed by atoms with van der Waals surface area (Å²) in [6.45, 7) is 5.73. The highest BCUT2D eigenvalue weighted by Crippen LogP contribution is 2.49. The maximum absolute atomic E-state index is 6.21. The Morgan fingerprint density at radius 1 is 1.17 bits per heavy atom. The lowest BCUT2D eigenvalue weighted by Crippen LogP contribution is -2.36. The summed E-state index contributed by atoms with van der Waals surface area (Å²) < 4.78 is 11.8. The predicted octanol–water partition coefficient (Wildman–Crippen LogP) is 5.03. The van der Waals surface area contributed by atoms with Gasteiger partial charge in [0.25, 0.3) is 0 Å². The van der Waals surface area contributed by atoms with Crippen LogP contribution in [0.4, 0.5) is 5.69 Å². The Bertz CT molecular complexity index is 710. The number of hydrogen-bond acceptors (Lipinski definition) is 3. The van der Waals surface area contributed by atoms with Crippen LogP contribution in [-0.4, -0.2) is 13.2 Å². The van der Waals surface area contributed by atoms with Crippen LogP contribution in [0, 0.1) is 12.8 Å². The van der Waals surface area contributed by atoms with E-state index in [0.717, 1.165) is 18.8 Å². The molecule has 0 aliphatic carbocycles. The second-order valence-electron chi connectivity index (χ2n) is 6.81. The molecule has 0 radical (unpaired) electrons. The van der Waals surface area contributed by atoms with Crippen molar-refractivity contribution in [2.24, 2.45) is 5.92 Å². The molecule has 0 unspecified atom stereocenters. The van der Waals surface area contributed by atoms with E-state index in [1.54, 1.807) is 0 Å². The smallest absolute Gasteiger partial charge is 0.119 e. The second kappa shape index (κ2) is 6.48. The van der Waals surface area contributed by atoms with E-state index in [9.17, 15) is 0 Å². The lowest BCUT2D eigenvalue weighted by atomic mass is 9.77. The first-order valence-corrected chi connectivity index (χ1v) is 8.97. The van der Waals surface area contributed by atoms with Gasteiger partial charge in [0.1, 0.15) is 5.75 Å². The Labute approximate surface area is 144 Å². The van der Waals surface area contributed by atoms with Gasteiger partial charge in [-0.15, -0.1) is 0 Å². The fourth-order valence-corrected chi connectivity index (χ4v) is 4.06. The van der Waals surface area contributed by atoms with E-state index in [1.807, 2.05) is 6.92 Å². The third-order valence-corrected chi connectivity index (χ3v) is 5.17. The van der Waals surface area contributed by atoms with Crippen molar-refractivity contribution < 1.29 is 9.47 Å². The van der Waals surface area contributed by atoms with Gasteiger partial charge in [0.05, 0.1) is 18.8 Å². The molecule has 2 aromatic carbocycles. The highest BCUT2D eigenvalue weighted by atomic mass is 16.5. The first-order chi connectivity index (χ1) is 11.8. The Balaban J connectivity index is 1.69. The summed E-state index contributed by atoms with van der Waals surface area (Å²) in [6.07, 6.45) is 2.53. The SMILES string of the molecule is CCOc1ccc([C@@H]2Nc3ccc(C)cc3[C@H]3OCCC[C@H]32)cc1. The van der Waals surface area contributed by atoms with Crippen LogP contribution in [0.5, 0.6) is 5.75 Å². The van der Waals surface area contributed by atoms with Gasteiger partial charge in [-0.1, -0.05) is 29.8 Å². The molecule has 3 heteroatoms. The molecule has 2 heterocycles. The van der Waals surface area contributed by atoms with Crippen LogP contribution in [0.2, 0.25) is 0 Å². The van der Waals surface area contributed by atoms with Gasteiger partial charge in [-0.2, -0.15) is 0 Å². The van der Waals surface area contributed by atoms with Gasteiger partial charge in [0.2, 0.25) is 0 Å². The fourth-order valence-electron chi connectivity index (χ4n) is 4.06. The molecule has 2 aliphatic heterocycles. The average Bonchev–Trinajstić information content (AvgIpc) is 2.62. The molecule has 4 rings (SSSR count). The summed E-state index contributed by atoms with van der Waals surface area (Å²) in [6, 6.07) is 15.5. The molecule has 3 atom stereocenters. The average molecular weight is 323 g/mol. The Hall–Kier alpha value is -2.00. The molecule has 1 saturated heterocycles. The summed E-state index contributed by atoms with van der Waals surface area (Å²) in [4.78, 5) is 0. The first kappa shape index (κ1) is 15.5. The molecule has 1 N–H and O–H groups in total. The van der Waals surface area contributed by atoms with Crippen LogP contribution in [0.3, 0.4) is 0 Å². The van der Waals surface area contributed by atoms with Gasteiger partial charge in [-0.25, -0.2) is 0 Å². The number of aryl methyl sites for hydroxylation is 1. The highest BCUT2D eigenvalue weighted by molar-refractivity contribution is 5.58. The maximum atomic E-state index is 6.21. The van der Waals surface area contributed by atoms with Gasteiger partial charge in [-0.3, -0.25) is 0 Å². The normalized spacial score (nSPS) is 25.3. The van der Waals surface area contributed by atoms with Crippen LogP contribution >= 0.6 is 0 Å². The van der Waals surface area contributed by atoms with Crippen molar-refractivity contribution in [2.75, 3.05) is 18.5 Å². The summed E-state index contributed by atoms with van der Waals surface area (Å²) in [5.41, 5.74) is 5.14. The number of benzene rings is 2. The van der Waals surface area contributed by atoms with Gasteiger partial charge in [0.15, 0.2) is 0 Å². The topological polar surface area (TPSA) is 30.5 Å². The summed E-state index contributed by atoms with van der Waals surface area (Å²) >= 11 is 0. The number of hydrogen-bond donors (Lipinski definition) is 1. The Morgan fingerprint density at radius 2 is 2.00 bits per heavy atom. The van der Waals surface area contributed by atoms with E-state index >= 15 is 0 Å². The van der Waals surface area contributed by atoms with E-state index in [4.69, 9.17) is 9.47 Å². The van der Waals surface area contributed by atoms with Crippen LogP contribution < -0.4 is 10.1 Å². The van der Waals surface area contributed by atoms with Crippen molar-refractivity contribution >= 4 is 5.69 Å². The van der Waals surface area contributed by atoms with Crippen molar-refractivity contribution in [2.45, 2.75) is 38.8 Å². The molecule has 0 amide bonds. The number of anilines is 1. The quantitative estimate of drug-likeness (QED) is 0.859. The minimum Gasteiger partial charge on any atom is -0.494 e. The van der Waals surface area contributed by atoms with E-state index in [1.165, 1.54) is 28.8 Å². The van der Waals surface area contributed by atoms with E-state index in [2.05, 4.69) is 54.7 Å². The fraction of sp³-hybridized carbons (Fsp3) is 0.429. The lowest BCUT2D eigenvalue weighted by molar-refractivity contribution is -0.0381. The van der Waals surface area contributed by atoms with Crippen LogP contribution in [-0.2, 0) is 4.74 Å². The van der Waals surface area contributed by atoms with Crippen LogP contribution in [0.25, 0.3) is 0 Å². The Morgan fingerprint density at radius 3 is 2.79 bits per heavy atom. The largest absolute Gasteiger partial charge is 0.494 e. The van der Waals surface area contributed by atoms with Gasteiger partial charge in [-0.05, 0) is 50.5 Å². The van der Waals surface area contributed by atoms with Crippen molar-refractivity contribution in [3.05, 3.63) is 59.2 Å². The number of fused-ring (bicyclic) bond motifs is 3. The summed E-state index contributed by atoms with van der Waals surface area (Å²) in [5, 5.41) is 3.77. The van der Waals surface area contributed by atoms with Gasteiger partial charge in [0, 0.05) is 23.8 Å². The predicted molar refractivity (Wildman–Crippen MR) is 96.6 cm³/mol. The zero-order valence-corrected chi connectivity index (χ0v) is 14.4. The van der Waals surface area contributed by atoms with Crippen LogP contribution in [0.15, 0.2) is 42.5 Å². The second-order valence-corrected chi connectivity index (χ2v) is 6.81. The van der Waals surface area contributed by atoms with Gasteiger partial charge >= 0.3 is 0 Å². The maximum Gasteiger partial charge on any atom is 0.119 e. The molecule has 1 fully saturated rings. The molecule has 0 aromatic heterocycles. The third kappa shape index (κ3) is 2.78. The molecule has 2 aliphatic rings. The number of rotatable bonds is 3. The molecule has 126 valence electrons.